The standard InChI is InChI=1S/C37H52ClN5O4S/c1-6-7-8-9-10-11-12-13-14-15-16-17-18-19-24-48(46,47)42-30-20-22-31(38)32(26-30)41-36(45)34(35(44)37(2,3)4)43-33-23-21-29(39-5)25-28(33)27-40-43/h20-23,25-27,34,42H,6-19,24H2,1-4H3,(H,41,45). The molecular formula is C37H52ClN5O4S. The molecule has 3 aromatic rings. The molecule has 9 nitrogen and oxygen atoms in total. The van der Waals surface area contributed by atoms with Crippen LogP contribution in [0, 0.1) is 12.0 Å². The average Bonchev–Trinajstić information content (AvgIpc) is 3.45. The van der Waals surface area contributed by atoms with E-state index in [0.717, 1.165) is 19.3 Å². The molecule has 0 radical (unpaired) electrons. The second-order valence-corrected chi connectivity index (χ2v) is 15.9. The first-order chi connectivity index (χ1) is 22.9. The molecule has 0 aliphatic carbocycles. The van der Waals surface area contributed by atoms with E-state index in [0.29, 0.717) is 23.0 Å². The lowest BCUT2D eigenvalue weighted by Gasteiger charge is -2.25. The Morgan fingerprint density at radius 2 is 1.48 bits per heavy atom. The van der Waals surface area contributed by atoms with E-state index in [-0.39, 0.29) is 27.9 Å². The summed E-state index contributed by atoms with van der Waals surface area (Å²) in [4.78, 5) is 30.8. The molecule has 0 saturated carbocycles. The number of ketones is 1. The Morgan fingerprint density at radius 3 is 2.04 bits per heavy atom. The molecule has 1 aromatic heterocycles. The van der Waals surface area contributed by atoms with Crippen molar-refractivity contribution < 1.29 is 18.0 Å². The third-order valence-corrected chi connectivity index (χ3v) is 10.2. The number of amides is 1. The van der Waals surface area contributed by atoms with Gasteiger partial charge in [-0.15, -0.1) is 0 Å². The number of carbonyl (C=O) groups is 2. The third-order valence-electron chi connectivity index (χ3n) is 8.45. The van der Waals surface area contributed by atoms with Gasteiger partial charge >= 0.3 is 0 Å². The van der Waals surface area contributed by atoms with E-state index >= 15 is 0 Å². The molecule has 1 unspecified atom stereocenters. The van der Waals surface area contributed by atoms with Gasteiger partial charge in [-0.1, -0.05) is 129 Å². The van der Waals surface area contributed by atoms with Gasteiger partial charge in [0.15, 0.2) is 17.5 Å². The highest BCUT2D eigenvalue weighted by atomic mass is 35.5. The predicted octanol–water partition coefficient (Wildman–Crippen LogP) is 10.3. The maximum atomic E-state index is 13.7. The molecule has 0 aliphatic heterocycles. The molecule has 1 atom stereocenters. The van der Waals surface area contributed by atoms with Gasteiger partial charge < -0.3 is 5.32 Å². The van der Waals surface area contributed by atoms with Crippen LogP contribution in [0.2, 0.25) is 5.02 Å². The van der Waals surface area contributed by atoms with Crippen molar-refractivity contribution in [2.75, 3.05) is 15.8 Å². The molecule has 2 N–H and O–H groups in total. The van der Waals surface area contributed by atoms with Crippen molar-refractivity contribution in [2.45, 2.75) is 124 Å². The zero-order valence-electron chi connectivity index (χ0n) is 29.0. The van der Waals surface area contributed by atoms with Gasteiger partial charge in [0.05, 0.1) is 40.4 Å². The monoisotopic (exact) mass is 697 g/mol. The maximum Gasteiger partial charge on any atom is 0.257 e. The van der Waals surface area contributed by atoms with Crippen LogP contribution in [0.25, 0.3) is 15.7 Å². The van der Waals surface area contributed by atoms with E-state index in [1.165, 1.54) is 93.3 Å². The zero-order chi connectivity index (χ0) is 35.2. The number of Topliss-reactive ketones (excluding diaryl/α,β-unsaturated/α-hetero) is 1. The van der Waals surface area contributed by atoms with E-state index in [9.17, 15) is 18.0 Å². The molecule has 0 saturated heterocycles. The quantitative estimate of drug-likeness (QED) is 0.0653. The van der Waals surface area contributed by atoms with Crippen molar-refractivity contribution in [3.05, 3.63) is 59.0 Å². The first-order valence-electron chi connectivity index (χ1n) is 17.4. The molecule has 2 aromatic carbocycles. The minimum Gasteiger partial charge on any atom is -0.322 e. The van der Waals surface area contributed by atoms with Crippen LogP contribution in [0.4, 0.5) is 17.1 Å². The summed E-state index contributed by atoms with van der Waals surface area (Å²) in [5, 5.41) is 7.88. The number of unbranched alkanes of at least 4 members (excludes halogenated alkanes) is 13. The number of nitrogens with one attached hydrogen (secondary N) is 2. The van der Waals surface area contributed by atoms with Crippen molar-refractivity contribution >= 4 is 61.3 Å². The summed E-state index contributed by atoms with van der Waals surface area (Å²) in [6.45, 7) is 14.7. The van der Waals surface area contributed by atoms with Crippen molar-refractivity contribution in [3.63, 3.8) is 0 Å². The number of anilines is 2. The Bertz CT molecular complexity index is 1660. The Morgan fingerprint density at radius 1 is 0.896 bits per heavy atom. The summed E-state index contributed by atoms with van der Waals surface area (Å²) < 4.78 is 29.7. The van der Waals surface area contributed by atoms with Crippen molar-refractivity contribution in [1.82, 2.24) is 9.78 Å². The smallest absolute Gasteiger partial charge is 0.257 e. The second kappa shape index (κ2) is 18.9. The number of sulfonamides is 1. The highest BCUT2D eigenvalue weighted by molar-refractivity contribution is 7.92. The SMILES string of the molecule is [C-]#[N+]c1ccc2c(cnn2C(C(=O)Nc2cc(NS(=O)(=O)CCCCCCCCCCCCCCCC)ccc2Cl)C(=O)C(C)(C)C)c1. The predicted molar refractivity (Wildman–Crippen MR) is 197 cm³/mol. The summed E-state index contributed by atoms with van der Waals surface area (Å²) in [5.41, 5.74) is 0.481. The number of hydrogen-bond acceptors (Lipinski definition) is 5. The summed E-state index contributed by atoms with van der Waals surface area (Å²) >= 11 is 6.41. The molecule has 1 amide bonds. The highest BCUT2D eigenvalue weighted by Gasteiger charge is 2.37. The van der Waals surface area contributed by atoms with Gasteiger partial charge in [0, 0.05) is 10.8 Å². The lowest BCUT2D eigenvalue weighted by molar-refractivity contribution is -0.135. The van der Waals surface area contributed by atoms with Gasteiger partial charge in [0.25, 0.3) is 5.91 Å². The fraction of sp³-hybridized carbons (Fsp3) is 0.568. The van der Waals surface area contributed by atoms with Gasteiger partial charge in [0.2, 0.25) is 10.0 Å². The fourth-order valence-electron chi connectivity index (χ4n) is 5.67. The lowest BCUT2D eigenvalue weighted by atomic mass is 9.86. The number of rotatable bonds is 21. The van der Waals surface area contributed by atoms with Gasteiger partial charge in [-0.2, -0.15) is 5.10 Å². The molecule has 1 heterocycles. The zero-order valence-corrected chi connectivity index (χ0v) is 30.6. The van der Waals surface area contributed by atoms with Crippen molar-refractivity contribution in [3.8, 4) is 0 Å². The summed E-state index contributed by atoms with van der Waals surface area (Å²) in [6.07, 6.45) is 18.2. The second-order valence-electron chi connectivity index (χ2n) is 13.7. The van der Waals surface area contributed by atoms with Crippen LogP contribution in [0.1, 0.15) is 124 Å². The Kier molecular flexibility index (Phi) is 15.4. The number of nitrogens with zero attached hydrogens (tertiary/aromatic N) is 3. The Balaban J connectivity index is 1.54. The molecule has 0 bridgehead atoms. The van der Waals surface area contributed by atoms with Crippen LogP contribution in [-0.4, -0.2) is 35.6 Å². The van der Waals surface area contributed by atoms with Crippen molar-refractivity contribution in [2.24, 2.45) is 5.41 Å². The number of hydrogen-bond donors (Lipinski definition) is 2. The minimum absolute atomic E-state index is 0.000898. The van der Waals surface area contributed by atoms with Gasteiger partial charge in [-0.25, -0.2) is 17.9 Å². The topological polar surface area (TPSA) is 115 Å². The largest absolute Gasteiger partial charge is 0.322 e. The van der Waals surface area contributed by atoms with Gasteiger partial charge in [-0.3, -0.25) is 14.3 Å². The van der Waals surface area contributed by atoms with E-state index in [1.807, 2.05) is 0 Å². The summed E-state index contributed by atoms with van der Waals surface area (Å²) in [6, 6.07) is 8.06. The normalized spacial score (nSPS) is 12.5. The Hall–Kier alpha value is -3.42. The number of fused-ring (bicyclic) bond motifs is 1. The number of halogens is 1. The fourth-order valence-corrected chi connectivity index (χ4v) is 7.01. The molecule has 0 fully saturated rings. The van der Waals surface area contributed by atoms with E-state index in [4.69, 9.17) is 18.2 Å². The molecule has 48 heavy (non-hydrogen) atoms. The maximum absolute atomic E-state index is 13.7. The van der Waals surface area contributed by atoms with Crippen LogP contribution in [0.5, 0.6) is 0 Å². The van der Waals surface area contributed by atoms with Crippen LogP contribution < -0.4 is 10.0 Å². The van der Waals surface area contributed by atoms with Gasteiger partial charge in [-0.05, 0) is 36.8 Å². The number of benzene rings is 2. The molecule has 0 aliphatic rings. The minimum atomic E-state index is -3.62. The van der Waals surface area contributed by atoms with Gasteiger partial charge in [0.1, 0.15) is 0 Å². The van der Waals surface area contributed by atoms with E-state index < -0.39 is 27.4 Å². The molecular weight excluding hydrogens is 646 g/mol. The van der Waals surface area contributed by atoms with E-state index in [2.05, 4.69) is 26.9 Å². The lowest BCUT2D eigenvalue weighted by Crippen LogP contribution is -2.39. The van der Waals surface area contributed by atoms with Crippen LogP contribution in [0.15, 0.2) is 42.6 Å². The molecule has 3 rings (SSSR count). The van der Waals surface area contributed by atoms with Crippen LogP contribution in [0.3, 0.4) is 0 Å². The third kappa shape index (κ3) is 12.2. The van der Waals surface area contributed by atoms with E-state index in [1.54, 1.807) is 39.0 Å². The first-order valence-corrected chi connectivity index (χ1v) is 19.4. The van der Waals surface area contributed by atoms with Crippen LogP contribution in [-0.2, 0) is 19.6 Å². The molecule has 0 spiro atoms. The number of aromatic nitrogens is 2. The van der Waals surface area contributed by atoms with Crippen molar-refractivity contribution in [1.29, 1.82) is 0 Å². The average molecular weight is 698 g/mol. The molecule has 262 valence electrons. The van der Waals surface area contributed by atoms with Crippen LogP contribution >= 0.6 is 11.6 Å². The highest BCUT2D eigenvalue weighted by Crippen LogP contribution is 2.31. The summed E-state index contributed by atoms with van der Waals surface area (Å²) in [7, 11) is -3.62. The Labute approximate surface area is 292 Å². The summed E-state index contributed by atoms with van der Waals surface area (Å²) in [5.74, 6) is -1.04. The number of carbonyl (C=O) groups excluding carboxylic acids is 2. The molecule has 11 heteroatoms. The first kappa shape index (κ1) is 39.0.